The van der Waals surface area contributed by atoms with Gasteiger partial charge in [0.1, 0.15) is 5.75 Å². The van der Waals surface area contributed by atoms with Crippen molar-refractivity contribution in [3.05, 3.63) is 24.0 Å². The Balaban J connectivity index is 2.44. The first-order chi connectivity index (χ1) is 9.52. The summed E-state index contributed by atoms with van der Waals surface area (Å²) in [7, 11) is 0. The molecule has 0 saturated carbocycles. The molecule has 1 rings (SSSR count). The third-order valence-electron chi connectivity index (χ3n) is 2.72. The molecule has 0 aliphatic carbocycles. The summed E-state index contributed by atoms with van der Waals surface area (Å²) in [6.07, 6.45) is 1.13. The third kappa shape index (κ3) is 6.02. The van der Waals surface area contributed by atoms with Crippen LogP contribution in [0.2, 0.25) is 0 Å². The van der Waals surface area contributed by atoms with E-state index in [0.717, 1.165) is 18.8 Å². The second kappa shape index (κ2) is 8.53. The molecule has 0 saturated heterocycles. The first kappa shape index (κ1) is 16.4. The predicted molar refractivity (Wildman–Crippen MR) is 79.6 cm³/mol. The fourth-order valence-electron chi connectivity index (χ4n) is 1.54. The number of rotatable bonds is 8. The van der Waals surface area contributed by atoms with E-state index in [-0.39, 0.29) is 5.91 Å². The first-order valence-corrected chi connectivity index (χ1v) is 7.13. The SMILES string of the molecule is CCNCc1ccc(OC(C)C(=O)NCC(C)C)cn1. The minimum absolute atomic E-state index is 0.101. The van der Waals surface area contributed by atoms with Crippen LogP contribution in [0.1, 0.15) is 33.4 Å². The summed E-state index contributed by atoms with van der Waals surface area (Å²) in [5.41, 5.74) is 0.955. The zero-order valence-electron chi connectivity index (χ0n) is 12.8. The summed E-state index contributed by atoms with van der Waals surface area (Å²) < 4.78 is 5.57. The van der Waals surface area contributed by atoms with Crippen molar-refractivity contribution in [2.75, 3.05) is 13.1 Å². The molecule has 5 nitrogen and oxygen atoms in total. The molecule has 1 amide bonds. The number of nitrogens with one attached hydrogen (secondary N) is 2. The Morgan fingerprint density at radius 1 is 1.35 bits per heavy atom. The summed E-state index contributed by atoms with van der Waals surface area (Å²) in [5, 5.41) is 6.05. The Labute approximate surface area is 121 Å². The molecule has 0 aliphatic heterocycles. The standard InChI is InChI=1S/C15H25N3O2/c1-5-16-9-13-6-7-14(10-17-13)20-12(4)15(19)18-8-11(2)3/h6-7,10-12,16H,5,8-9H2,1-4H3,(H,18,19). The van der Waals surface area contributed by atoms with Crippen molar-refractivity contribution in [1.29, 1.82) is 0 Å². The van der Waals surface area contributed by atoms with E-state index in [1.54, 1.807) is 13.1 Å². The number of hydrogen-bond acceptors (Lipinski definition) is 4. The summed E-state index contributed by atoms with van der Waals surface area (Å²) in [4.78, 5) is 16.1. The van der Waals surface area contributed by atoms with Gasteiger partial charge in [-0.2, -0.15) is 0 Å². The van der Waals surface area contributed by atoms with E-state index in [2.05, 4.69) is 36.4 Å². The molecule has 1 aromatic rings. The van der Waals surface area contributed by atoms with Gasteiger partial charge in [0.15, 0.2) is 6.10 Å². The van der Waals surface area contributed by atoms with Gasteiger partial charge >= 0.3 is 0 Å². The number of carbonyl (C=O) groups is 1. The molecule has 0 radical (unpaired) electrons. The van der Waals surface area contributed by atoms with E-state index in [4.69, 9.17) is 4.74 Å². The Bertz CT molecular complexity index is 404. The number of nitrogens with zero attached hydrogens (tertiary/aromatic N) is 1. The summed E-state index contributed by atoms with van der Waals surface area (Å²) in [5.74, 6) is 0.936. The minimum atomic E-state index is -0.518. The van der Waals surface area contributed by atoms with Crippen molar-refractivity contribution in [2.24, 2.45) is 5.92 Å². The maximum absolute atomic E-state index is 11.8. The topological polar surface area (TPSA) is 63.2 Å². The molecule has 0 fully saturated rings. The number of aromatic nitrogens is 1. The van der Waals surface area contributed by atoms with E-state index in [0.29, 0.717) is 18.2 Å². The summed E-state index contributed by atoms with van der Waals surface area (Å²) in [6, 6.07) is 3.74. The van der Waals surface area contributed by atoms with Crippen molar-refractivity contribution in [2.45, 2.75) is 40.3 Å². The molecule has 2 N–H and O–H groups in total. The molecule has 1 heterocycles. The van der Waals surface area contributed by atoms with Crippen LogP contribution in [0.25, 0.3) is 0 Å². The van der Waals surface area contributed by atoms with Crippen LogP contribution in [-0.4, -0.2) is 30.1 Å². The zero-order chi connectivity index (χ0) is 15.0. The molecule has 1 atom stereocenters. The van der Waals surface area contributed by atoms with Gasteiger partial charge in [0, 0.05) is 13.1 Å². The number of amides is 1. The third-order valence-corrected chi connectivity index (χ3v) is 2.72. The summed E-state index contributed by atoms with van der Waals surface area (Å²) in [6.45, 7) is 10.2. The maximum Gasteiger partial charge on any atom is 0.260 e. The quantitative estimate of drug-likeness (QED) is 0.760. The largest absolute Gasteiger partial charge is 0.479 e. The van der Waals surface area contributed by atoms with Crippen LogP contribution in [0.5, 0.6) is 5.75 Å². The predicted octanol–water partition coefficient (Wildman–Crippen LogP) is 1.73. The first-order valence-electron chi connectivity index (χ1n) is 7.13. The normalized spacial score (nSPS) is 12.2. The molecule has 112 valence electrons. The highest BCUT2D eigenvalue weighted by atomic mass is 16.5. The Kier molecular flexibility index (Phi) is 7.01. The lowest BCUT2D eigenvalue weighted by molar-refractivity contribution is -0.127. The molecule has 0 aliphatic rings. The Morgan fingerprint density at radius 2 is 2.10 bits per heavy atom. The van der Waals surface area contributed by atoms with Crippen LogP contribution in [0.4, 0.5) is 0 Å². The molecular weight excluding hydrogens is 254 g/mol. The van der Waals surface area contributed by atoms with Gasteiger partial charge in [0.05, 0.1) is 11.9 Å². The fourth-order valence-corrected chi connectivity index (χ4v) is 1.54. The lowest BCUT2D eigenvalue weighted by Gasteiger charge is -2.15. The van der Waals surface area contributed by atoms with Gasteiger partial charge in [-0.1, -0.05) is 20.8 Å². The van der Waals surface area contributed by atoms with E-state index >= 15 is 0 Å². The van der Waals surface area contributed by atoms with E-state index in [9.17, 15) is 4.79 Å². The molecular formula is C15H25N3O2. The molecule has 5 heteroatoms. The van der Waals surface area contributed by atoms with Gasteiger partial charge in [-0.05, 0) is 31.5 Å². The van der Waals surface area contributed by atoms with Gasteiger partial charge in [-0.3, -0.25) is 9.78 Å². The minimum Gasteiger partial charge on any atom is -0.479 e. The van der Waals surface area contributed by atoms with Crippen molar-refractivity contribution in [1.82, 2.24) is 15.6 Å². The summed E-state index contributed by atoms with van der Waals surface area (Å²) >= 11 is 0. The lowest BCUT2D eigenvalue weighted by atomic mass is 10.2. The number of carbonyl (C=O) groups excluding carboxylic acids is 1. The highest BCUT2D eigenvalue weighted by molar-refractivity contribution is 5.80. The monoisotopic (exact) mass is 279 g/mol. The van der Waals surface area contributed by atoms with Crippen molar-refractivity contribution < 1.29 is 9.53 Å². The van der Waals surface area contributed by atoms with Crippen LogP contribution < -0.4 is 15.4 Å². The number of hydrogen-bond donors (Lipinski definition) is 2. The maximum atomic E-state index is 11.8. The Hall–Kier alpha value is -1.62. The second-order valence-electron chi connectivity index (χ2n) is 5.16. The van der Waals surface area contributed by atoms with Crippen molar-refractivity contribution in [3.63, 3.8) is 0 Å². The highest BCUT2D eigenvalue weighted by Gasteiger charge is 2.14. The van der Waals surface area contributed by atoms with Crippen molar-refractivity contribution >= 4 is 5.91 Å². The van der Waals surface area contributed by atoms with E-state index < -0.39 is 6.10 Å². The second-order valence-corrected chi connectivity index (χ2v) is 5.16. The smallest absolute Gasteiger partial charge is 0.260 e. The number of ether oxygens (including phenoxy) is 1. The molecule has 1 unspecified atom stereocenters. The lowest BCUT2D eigenvalue weighted by Crippen LogP contribution is -2.38. The number of pyridine rings is 1. The van der Waals surface area contributed by atoms with Gasteiger partial charge < -0.3 is 15.4 Å². The Morgan fingerprint density at radius 3 is 2.65 bits per heavy atom. The molecule has 0 aromatic carbocycles. The van der Waals surface area contributed by atoms with Crippen LogP contribution in [0.3, 0.4) is 0 Å². The van der Waals surface area contributed by atoms with Gasteiger partial charge in [-0.25, -0.2) is 0 Å². The van der Waals surface area contributed by atoms with Crippen LogP contribution in [0, 0.1) is 5.92 Å². The van der Waals surface area contributed by atoms with Crippen LogP contribution in [-0.2, 0) is 11.3 Å². The van der Waals surface area contributed by atoms with Crippen LogP contribution >= 0.6 is 0 Å². The fraction of sp³-hybridized carbons (Fsp3) is 0.600. The molecule has 0 spiro atoms. The molecule has 20 heavy (non-hydrogen) atoms. The van der Waals surface area contributed by atoms with Gasteiger partial charge in [-0.15, -0.1) is 0 Å². The van der Waals surface area contributed by atoms with Crippen molar-refractivity contribution in [3.8, 4) is 5.75 Å². The van der Waals surface area contributed by atoms with Gasteiger partial charge in [0.2, 0.25) is 0 Å². The molecule has 0 bridgehead atoms. The zero-order valence-corrected chi connectivity index (χ0v) is 12.8. The average molecular weight is 279 g/mol. The van der Waals surface area contributed by atoms with Crippen LogP contribution in [0.15, 0.2) is 18.3 Å². The van der Waals surface area contributed by atoms with Gasteiger partial charge in [0.25, 0.3) is 5.91 Å². The van der Waals surface area contributed by atoms with E-state index in [1.807, 2.05) is 12.1 Å². The highest BCUT2D eigenvalue weighted by Crippen LogP contribution is 2.11. The van der Waals surface area contributed by atoms with E-state index in [1.165, 1.54) is 0 Å². The average Bonchev–Trinajstić information content (AvgIpc) is 2.43. The molecule has 1 aromatic heterocycles.